The molecule has 2 heterocycles. The van der Waals surface area contributed by atoms with Gasteiger partial charge in [0, 0.05) is 5.39 Å². The van der Waals surface area contributed by atoms with Gasteiger partial charge < -0.3 is 9.63 Å². The smallest absolute Gasteiger partial charge is 0.229 e. The Labute approximate surface area is 109 Å². The van der Waals surface area contributed by atoms with Gasteiger partial charge in [0.25, 0.3) is 0 Å². The van der Waals surface area contributed by atoms with Crippen LogP contribution in [0.15, 0.2) is 40.9 Å². The van der Waals surface area contributed by atoms with Gasteiger partial charge in [0.15, 0.2) is 0 Å². The second kappa shape index (κ2) is 4.78. The van der Waals surface area contributed by atoms with Crippen molar-refractivity contribution >= 4 is 10.9 Å². The van der Waals surface area contributed by atoms with Crippen molar-refractivity contribution in [3.05, 3.63) is 42.3 Å². The third-order valence-electron chi connectivity index (χ3n) is 2.77. The van der Waals surface area contributed by atoms with E-state index in [9.17, 15) is 5.11 Å². The molecule has 3 aromatic rings. The first-order valence-corrected chi connectivity index (χ1v) is 6.09. The lowest BCUT2D eigenvalue weighted by atomic mass is 10.2. The predicted molar refractivity (Wildman–Crippen MR) is 70.4 cm³/mol. The highest BCUT2D eigenvalue weighted by Gasteiger charge is 2.11. The van der Waals surface area contributed by atoms with Gasteiger partial charge in [-0.3, -0.25) is 0 Å². The van der Waals surface area contributed by atoms with Crippen molar-refractivity contribution < 1.29 is 9.63 Å². The first kappa shape index (κ1) is 11.8. The number of aliphatic hydroxyl groups is 1. The van der Waals surface area contributed by atoms with Crippen LogP contribution < -0.4 is 0 Å². The van der Waals surface area contributed by atoms with Gasteiger partial charge >= 0.3 is 0 Å². The zero-order valence-corrected chi connectivity index (χ0v) is 10.4. The van der Waals surface area contributed by atoms with Crippen molar-refractivity contribution in [2.45, 2.75) is 19.4 Å². The van der Waals surface area contributed by atoms with Crippen molar-refractivity contribution in [3.63, 3.8) is 0 Å². The zero-order chi connectivity index (χ0) is 13.2. The third-order valence-corrected chi connectivity index (χ3v) is 2.77. The standard InChI is InChI=1S/C14H13N3O2/c1-9(18)8-13-16-14(17-19-13)12-7-6-10-4-2-3-5-11(10)15-12/h2-7,9,18H,8H2,1H3. The average Bonchev–Trinajstić information content (AvgIpc) is 2.86. The van der Waals surface area contributed by atoms with Gasteiger partial charge in [0.2, 0.25) is 11.7 Å². The zero-order valence-electron chi connectivity index (χ0n) is 10.4. The summed E-state index contributed by atoms with van der Waals surface area (Å²) >= 11 is 0. The Balaban J connectivity index is 1.97. The highest BCUT2D eigenvalue weighted by molar-refractivity contribution is 5.80. The Kier molecular flexibility index (Phi) is 2.97. The number of hydrogen-bond acceptors (Lipinski definition) is 5. The maximum atomic E-state index is 9.28. The van der Waals surface area contributed by atoms with Crippen molar-refractivity contribution in [2.24, 2.45) is 0 Å². The number of rotatable bonds is 3. The number of nitrogens with zero attached hydrogens (tertiary/aromatic N) is 3. The molecule has 0 amide bonds. The SMILES string of the molecule is CC(O)Cc1nc(-c2ccc3ccccc3n2)no1. The van der Waals surface area contributed by atoms with E-state index in [2.05, 4.69) is 15.1 Å². The van der Waals surface area contributed by atoms with Crippen LogP contribution in [-0.2, 0) is 6.42 Å². The molecule has 1 atom stereocenters. The van der Waals surface area contributed by atoms with Crippen LogP contribution in [0.5, 0.6) is 0 Å². The Bertz CT molecular complexity index is 706. The van der Waals surface area contributed by atoms with Crippen LogP contribution in [0.3, 0.4) is 0 Å². The van der Waals surface area contributed by atoms with Crippen LogP contribution in [0, 0.1) is 0 Å². The maximum Gasteiger partial charge on any atom is 0.229 e. The molecule has 1 unspecified atom stereocenters. The molecule has 0 aliphatic rings. The van der Waals surface area contributed by atoms with Gasteiger partial charge in [-0.2, -0.15) is 4.98 Å². The van der Waals surface area contributed by atoms with E-state index in [4.69, 9.17) is 4.52 Å². The van der Waals surface area contributed by atoms with E-state index in [1.165, 1.54) is 0 Å². The summed E-state index contributed by atoms with van der Waals surface area (Å²) in [7, 11) is 0. The first-order valence-electron chi connectivity index (χ1n) is 6.09. The minimum absolute atomic E-state index is 0.348. The van der Waals surface area contributed by atoms with Crippen LogP contribution in [0.2, 0.25) is 0 Å². The number of pyridine rings is 1. The van der Waals surface area contributed by atoms with Crippen molar-refractivity contribution in [2.75, 3.05) is 0 Å². The van der Waals surface area contributed by atoms with E-state index in [1.54, 1.807) is 6.92 Å². The molecule has 0 bridgehead atoms. The topological polar surface area (TPSA) is 72.0 Å². The largest absolute Gasteiger partial charge is 0.393 e. The van der Waals surface area contributed by atoms with E-state index < -0.39 is 6.10 Å². The summed E-state index contributed by atoms with van der Waals surface area (Å²) in [6.45, 7) is 1.68. The summed E-state index contributed by atoms with van der Waals surface area (Å²) in [5.41, 5.74) is 1.56. The molecule has 0 radical (unpaired) electrons. The van der Waals surface area contributed by atoms with Crippen LogP contribution in [0.1, 0.15) is 12.8 Å². The van der Waals surface area contributed by atoms with E-state index in [0.29, 0.717) is 23.8 Å². The van der Waals surface area contributed by atoms with Crippen LogP contribution in [-0.4, -0.2) is 26.3 Å². The first-order chi connectivity index (χ1) is 9.22. The predicted octanol–water partition coefficient (Wildman–Crippen LogP) is 2.21. The van der Waals surface area contributed by atoms with Gasteiger partial charge in [-0.25, -0.2) is 4.98 Å². The van der Waals surface area contributed by atoms with Gasteiger partial charge in [0.1, 0.15) is 5.69 Å². The molecule has 0 saturated heterocycles. The molecule has 3 rings (SSSR count). The minimum Gasteiger partial charge on any atom is -0.393 e. The number of fused-ring (bicyclic) bond motifs is 1. The van der Waals surface area contributed by atoms with E-state index in [0.717, 1.165) is 10.9 Å². The van der Waals surface area contributed by atoms with Gasteiger partial charge in [0.05, 0.1) is 18.0 Å². The highest BCUT2D eigenvalue weighted by atomic mass is 16.5. The summed E-state index contributed by atoms with van der Waals surface area (Å²) in [4.78, 5) is 8.72. The molecule has 19 heavy (non-hydrogen) atoms. The molecule has 0 spiro atoms. The summed E-state index contributed by atoms with van der Waals surface area (Å²) in [6, 6.07) is 11.7. The lowest BCUT2D eigenvalue weighted by Crippen LogP contribution is -2.04. The number of benzene rings is 1. The van der Waals surface area contributed by atoms with Gasteiger partial charge in [-0.05, 0) is 19.1 Å². The molecule has 0 saturated carbocycles. The Morgan fingerprint density at radius 2 is 2.00 bits per heavy atom. The van der Waals surface area contributed by atoms with Gasteiger partial charge in [-0.1, -0.05) is 29.4 Å². The molecule has 0 fully saturated rings. The maximum absolute atomic E-state index is 9.28. The Morgan fingerprint density at radius 1 is 1.16 bits per heavy atom. The molecule has 96 valence electrons. The van der Waals surface area contributed by atoms with Crippen LogP contribution in [0.25, 0.3) is 22.4 Å². The quantitative estimate of drug-likeness (QED) is 0.776. The van der Waals surface area contributed by atoms with E-state index in [1.807, 2.05) is 36.4 Å². The highest BCUT2D eigenvalue weighted by Crippen LogP contribution is 2.18. The Morgan fingerprint density at radius 3 is 2.84 bits per heavy atom. The number of hydrogen-bond donors (Lipinski definition) is 1. The second-order valence-corrected chi connectivity index (χ2v) is 4.45. The molecule has 0 aliphatic heterocycles. The summed E-state index contributed by atoms with van der Waals surface area (Å²) in [6.07, 6.45) is -0.154. The monoisotopic (exact) mass is 255 g/mol. The molecule has 1 aromatic carbocycles. The third kappa shape index (κ3) is 2.46. The molecule has 0 aliphatic carbocycles. The normalized spacial score (nSPS) is 12.7. The van der Waals surface area contributed by atoms with Crippen molar-refractivity contribution in [3.8, 4) is 11.5 Å². The second-order valence-electron chi connectivity index (χ2n) is 4.45. The summed E-state index contributed by atoms with van der Waals surface area (Å²) in [5.74, 6) is 0.862. The fourth-order valence-corrected chi connectivity index (χ4v) is 1.89. The lowest BCUT2D eigenvalue weighted by Gasteiger charge is -1.98. The summed E-state index contributed by atoms with van der Waals surface area (Å²) in [5, 5.41) is 14.2. The number of para-hydroxylation sites is 1. The molecular weight excluding hydrogens is 242 g/mol. The molecule has 1 N–H and O–H groups in total. The van der Waals surface area contributed by atoms with E-state index >= 15 is 0 Å². The Hall–Kier alpha value is -2.27. The average molecular weight is 255 g/mol. The molecule has 2 aromatic heterocycles. The summed E-state index contributed by atoms with van der Waals surface area (Å²) < 4.78 is 5.08. The number of aliphatic hydroxyl groups excluding tert-OH is 1. The van der Waals surface area contributed by atoms with E-state index in [-0.39, 0.29) is 0 Å². The van der Waals surface area contributed by atoms with Crippen molar-refractivity contribution in [1.29, 1.82) is 0 Å². The lowest BCUT2D eigenvalue weighted by molar-refractivity contribution is 0.181. The fourth-order valence-electron chi connectivity index (χ4n) is 1.89. The van der Waals surface area contributed by atoms with Gasteiger partial charge in [-0.15, -0.1) is 0 Å². The van der Waals surface area contributed by atoms with Crippen molar-refractivity contribution in [1.82, 2.24) is 15.1 Å². The fraction of sp³-hybridized carbons (Fsp3) is 0.214. The molecular formula is C14H13N3O2. The van der Waals surface area contributed by atoms with Crippen LogP contribution >= 0.6 is 0 Å². The number of aromatic nitrogens is 3. The molecule has 5 heteroatoms. The molecule has 5 nitrogen and oxygen atoms in total. The van der Waals surface area contributed by atoms with Crippen LogP contribution in [0.4, 0.5) is 0 Å². The minimum atomic E-state index is -0.502.